The monoisotopic (exact) mass is 623 g/mol. The van der Waals surface area contributed by atoms with Gasteiger partial charge in [0.1, 0.15) is 23.2 Å². The quantitative estimate of drug-likeness (QED) is 0.233. The predicted molar refractivity (Wildman–Crippen MR) is 152 cm³/mol. The van der Waals surface area contributed by atoms with Crippen LogP contribution in [0.15, 0.2) is 34.4 Å². The molecule has 1 saturated carbocycles. The van der Waals surface area contributed by atoms with Crippen molar-refractivity contribution in [2.75, 3.05) is 26.2 Å². The molecule has 1 saturated heterocycles. The molecule has 1 amide bonds. The van der Waals surface area contributed by atoms with E-state index in [4.69, 9.17) is 21.7 Å². The summed E-state index contributed by atoms with van der Waals surface area (Å²) < 4.78 is 60.5. The molecule has 9 nitrogen and oxygen atoms in total. The molecular weight excluding hydrogens is 590 g/mol. The second-order valence-electron chi connectivity index (χ2n) is 11.3. The van der Waals surface area contributed by atoms with Crippen molar-refractivity contribution in [2.24, 2.45) is 22.7 Å². The number of amides is 1. The van der Waals surface area contributed by atoms with E-state index in [1.165, 1.54) is 29.7 Å². The smallest absolute Gasteiger partial charge is 0.453 e. The lowest BCUT2D eigenvalue weighted by atomic mass is 9.90. The van der Waals surface area contributed by atoms with Crippen LogP contribution in [-0.2, 0) is 30.5 Å². The number of fused-ring (bicyclic) bond motifs is 1. The van der Waals surface area contributed by atoms with E-state index < -0.39 is 23.7 Å². The fourth-order valence-electron chi connectivity index (χ4n) is 5.94. The molecule has 2 unspecified atom stereocenters. The van der Waals surface area contributed by atoms with Crippen molar-refractivity contribution in [1.82, 2.24) is 24.6 Å². The fourth-order valence-corrected chi connectivity index (χ4v) is 5.99. The predicted octanol–water partition coefficient (Wildman–Crippen LogP) is 5.29. The van der Waals surface area contributed by atoms with Gasteiger partial charge in [-0.05, 0) is 62.0 Å². The third kappa shape index (κ3) is 7.73. The fraction of sp³-hybridized carbons (Fsp3) is 0.552. The molecule has 43 heavy (non-hydrogen) atoms. The Kier molecular flexibility index (Phi) is 9.38. The SMILES string of the molecule is CC(=N/C=C(/Cl)C=N)N1CCC(C2CC2CCOc2ccc(CC(=O)N3CCn4nc(C(F)(F)F)nc4C3)c(F)c2)CC1. The average molecular weight is 624 g/mol. The third-order valence-corrected chi connectivity index (χ3v) is 8.69. The van der Waals surface area contributed by atoms with Crippen molar-refractivity contribution in [1.29, 1.82) is 5.41 Å². The summed E-state index contributed by atoms with van der Waals surface area (Å²) in [6, 6.07) is 4.44. The number of aromatic nitrogens is 3. The number of ether oxygens (including phenoxy) is 1. The van der Waals surface area contributed by atoms with Gasteiger partial charge in [0.15, 0.2) is 0 Å². The second kappa shape index (κ2) is 13.0. The summed E-state index contributed by atoms with van der Waals surface area (Å²) >= 11 is 5.82. The highest BCUT2D eigenvalue weighted by Crippen LogP contribution is 2.49. The molecular formula is C29H34ClF4N7O2. The number of hydrogen-bond donors (Lipinski definition) is 1. The van der Waals surface area contributed by atoms with Crippen LogP contribution in [-0.4, -0.2) is 68.8 Å². The first-order valence-electron chi connectivity index (χ1n) is 14.4. The summed E-state index contributed by atoms with van der Waals surface area (Å²) in [5.74, 6) is 1.13. The summed E-state index contributed by atoms with van der Waals surface area (Å²) in [4.78, 5) is 24.3. The van der Waals surface area contributed by atoms with Crippen LogP contribution in [0.4, 0.5) is 17.6 Å². The summed E-state index contributed by atoms with van der Waals surface area (Å²) in [7, 11) is 0. The van der Waals surface area contributed by atoms with Crippen molar-refractivity contribution in [3.8, 4) is 5.75 Å². The Morgan fingerprint density at radius 2 is 1.98 bits per heavy atom. The highest BCUT2D eigenvalue weighted by atomic mass is 35.5. The molecule has 5 rings (SSSR count). The standard InChI is InChI=1S/C29H34ClF4N7O2/c1-18(36-16-22(30)15-35)39-7-4-19(5-8-39)24-12-20(24)6-11-43-23-3-2-21(25(31)14-23)13-27(42)40-9-10-41-26(17-40)37-28(38-41)29(32,33)34/h2-3,14-16,19-20,24,35H,4-13,17H2,1H3/b22-16+,35-15?,36-18?. The lowest BCUT2D eigenvalue weighted by Crippen LogP contribution is -2.39. The molecule has 2 aromatic rings. The van der Waals surface area contributed by atoms with Gasteiger partial charge in [-0.2, -0.15) is 13.2 Å². The molecule has 2 fully saturated rings. The zero-order valence-electron chi connectivity index (χ0n) is 23.8. The van der Waals surface area contributed by atoms with Crippen molar-refractivity contribution in [2.45, 2.75) is 58.3 Å². The highest BCUT2D eigenvalue weighted by molar-refractivity contribution is 6.38. The molecule has 3 aliphatic rings. The van der Waals surface area contributed by atoms with Crippen LogP contribution in [0.25, 0.3) is 0 Å². The van der Waals surface area contributed by atoms with Gasteiger partial charge in [0, 0.05) is 38.1 Å². The van der Waals surface area contributed by atoms with Crippen molar-refractivity contribution in [3.05, 3.63) is 52.5 Å². The van der Waals surface area contributed by atoms with Gasteiger partial charge in [-0.3, -0.25) is 4.79 Å². The van der Waals surface area contributed by atoms with E-state index in [9.17, 15) is 22.4 Å². The number of aliphatic imine (C=N–C) groups is 1. The van der Waals surface area contributed by atoms with Crippen LogP contribution in [0, 0.1) is 29.0 Å². The molecule has 1 aliphatic carbocycles. The number of amidine groups is 1. The van der Waals surface area contributed by atoms with Crippen LogP contribution in [0.5, 0.6) is 5.75 Å². The van der Waals surface area contributed by atoms with E-state index in [1.54, 1.807) is 6.07 Å². The van der Waals surface area contributed by atoms with Crippen molar-refractivity contribution >= 4 is 29.6 Å². The molecule has 1 aromatic heterocycles. The van der Waals surface area contributed by atoms with Gasteiger partial charge in [-0.25, -0.2) is 19.0 Å². The van der Waals surface area contributed by atoms with E-state index in [0.29, 0.717) is 35.1 Å². The topological polar surface area (TPSA) is 99.7 Å². The average Bonchev–Trinajstić information content (AvgIpc) is 3.62. The number of alkyl halides is 3. The molecule has 2 aliphatic heterocycles. The summed E-state index contributed by atoms with van der Waals surface area (Å²) in [5.41, 5.74) is 0.197. The van der Waals surface area contributed by atoms with Crippen molar-refractivity contribution in [3.63, 3.8) is 0 Å². The second-order valence-corrected chi connectivity index (χ2v) is 11.7. The van der Waals surface area contributed by atoms with Crippen LogP contribution in [0.3, 0.4) is 0 Å². The molecule has 0 radical (unpaired) electrons. The van der Waals surface area contributed by atoms with Crippen LogP contribution in [0.2, 0.25) is 0 Å². The molecule has 1 N–H and O–H groups in total. The van der Waals surface area contributed by atoms with Gasteiger partial charge in [0.2, 0.25) is 5.91 Å². The number of nitrogens with zero attached hydrogens (tertiary/aromatic N) is 6. The van der Waals surface area contributed by atoms with E-state index in [1.807, 2.05) is 6.92 Å². The number of carbonyl (C=O) groups excluding carboxylic acids is 1. The molecule has 2 atom stereocenters. The van der Waals surface area contributed by atoms with Gasteiger partial charge < -0.3 is 19.9 Å². The minimum absolute atomic E-state index is 0.0543. The number of piperidine rings is 1. The molecule has 14 heteroatoms. The van der Waals surface area contributed by atoms with E-state index >= 15 is 0 Å². The Labute approximate surface area is 252 Å². The van der Waals surface area contributed by atoms with Gasteiger partial charge in [0.05, 0.1) is 31.1 Å². The summed E-state index contributed by atoms with van der Waals surface area (Å²) in [6.45, 7) is 4.48. The third-order valence-electron chi connectivity index (χ3n) is 8.48. The number of likely N-dealkylation sites (tertiary alicyclic amines) is 1. The highest BCUT2D eigenvalue weighted by Gasteiger charge is 2.43. The van der Waals surface area contributed by atoms with Gasteiger partial charge >= 0.3 is 6.18 Å². The maximum absolute atomic E-state index is 14.8. The Morgan fingerprint density at radius 1 is 1.21 bits per heavy atom. The number of hydrogen-bond acceptors (Lipinski definition) is 6. The first-order chi connectivity index (χ1) is 20.5. The summed E-state index contributed by atoms with van der Waals surface area (Å²) in [5, 5.41) is 10.9. The number of halogens is 5. The van der Waals surface area contributed by atoms with Crippen LogP contribution >= 0.6 is 11.6 Å². The van der Waals surface area contributed by atoms with Gasteiger partial charge in [-0.15, -0.1) is 5.10 Å². The first-order valence-corrected chi connectivity index (χ1v) is 14.7. The zero-order chi connectivity index (χ0) is 30.7. The van der Waals surface area contributed by atoms with Crippen molar-refractivity contribution < 1.29 is 27.1 Å². The number of allylic oxidation sites excluding steroid dienone is 1. The largest absolute Gasteiger partial charge is 0.493 e. The van der Waals surface area contributed by atoms with Crippen LogP contribution in [0.1, 0.15) is 49.8 Å². The maximum Gasteiger partial charge on any atom is 0.453 e. The summed E-state index contributed by atoms with van der Waals surface area (Å²) in [6.07, 6.45) is 1.98. The Bertz CT molecular complexity index is 1400. The number of rotatable bonds is 9. The molecule has 0 spiro atoms. The van der Waals surface area contributed by atoms with E-state index in [-0.39, 0.29) is 37.4 Å². The zero-order valence-corrected chi connectivity index (χ0v) is 24.5. The Balaban J connectivity index is 1.03. The first kappa shape index (κ1) is 31.0. The number of nitrogens with one attached hydrogen (secondary N) is 1. The Morgan fingerprint density at radius 3 is 2.67 bits per heavy atom. The lowest BCUT2D eigenvalue weighted by Gasteiger charge is -2.33. The van der Waals surface area contributed by atoms with Gasteiger partial charge in [0.25, 0.3) is 5.82 Å². The maximum atomic E-state index is 14.8. The number of carbonyl (C=O) groups is 1. The minimum atomic E-state index is -4.66. The normalized spacial score (nSPS) is 21.5. The minimum Gasteiger partial charge on any atom is -0.493 e. The Hall–Kier alpha value is -3.48. The molecule has 3 heterocycles. The molecule has 1 aromatic carbocycles. The number of benzene rings is 1. The van der Waals surface area contributed by atoms with Gasteiger partial charge in [-0.1, -0.05) is 17.7 Å². The van der Waals surface area contributed by atoms with E-state index in [2.05, 4.69) is 20.0 Å². The lowest BCUT2D eigenvalue weighted by molar-refractivity contribution is -0.145. The van der Waals surface area contributed by atoms with Crippen LogP contribution < -0.4 is 4.74 Å². The van der Waals surface area contributed by atoms with E-state index in [0.717, 1.165) is 49.1 Å². The molecule has 0 bridgehead atoms. The molecule has 232 valence electrons.